The highest BCUT2D eigenvalue weighted by Crippen LogP contribution is 2.23. The van der Waals surface area contributed by atoms with Gasteiger partial charge in [0.25, 0.3) is 0 Å². The Hall–Kier alpha value is 0.0200. The van der Waals surface area contributed by atoms with E-state index in [0.717, 1.165) is 12.7 Å². The van der Waals surface area contributed by atoms with Crippen molar-refractivity contribution < 1.29 is 4.79 Å². The maximum absolute atomic E-state index is 10.1. The minimum Gasteiger partial charge on any atom is -0.303 e. The molecule has 0 aliphatic carbocycles. The summed E-state index contributed by atoms with van der Waals surface area (Å²) in [5.41, 5.74) is 0. The molecule has 1 saturated heterocycles. The Morgan fingerprint density at radius 1 is 1.67 bits per heavy atom. The molecule has 1 nitrogen and oxygen atoms in total. The number of carbonyl (C=O) groups excluding carboxylic acids is 1. The van der Waals surface area contributed by atoms with Crippen molar-refractivity contribution >= 4 is 18.0 Å². The third kappa shape index (κ3) is 2.39. The molecule has 1 atom stereocenters. The zero-order chi connectivity index (χ0) is 6.53. The first-order valence-corrected chi connectivity index (χ1v) is 4.60. The molecule has 0 aromatic rings. The van der Waals surface area contributed by atoms with Crippen LogP contribution in [0.2, 0.25) is 0 Å². The van der Waals surface area contributed by atoms with Gasteiger partial charge in [-0.1, -0.05) is 0 Å². The molecular weight excluding hydrogens is 132 g/mol. The first-order valence-electron chi connectivity index (χ1n) is 3.45. The number of rotatable bonds is 2. The molecule has 1 unspecified atom stereocenters. The van der Waals surface area contributed by atoms with Crippen LogP contribution in [-0.4, -0.2) is 17.8 Å². The van der Waals surface area contributed by atoms with Gasteiger partial charge in [-0.25, -0.2) is 0 Å². The van der Waals surface area contributed by atoms with Crippen LogP contribution in [0, 0.1) is 5.92 Å². The van der Waals surface area contributed by atoms with Crippen molar-refractivity contribution in [2.45, 2.75) is 19.3 Å². The van der Waals surface area contributed by atoms with Crippen LogP contribution in [0.5, 0.6) is 0 Å². The van der Waals surface area contributed by atoms with Crippen molar-refractivity contribution in [1.82, 2.24) is 0 Å². The molecule has 1 aliphatic heterocycles. The summed E-state index contributed by atoms with van der Waals surface area (Å²) in [6.07, 6.45) is 4.42. The lowest BCUT2D eigenvalue weighted by Gasteiger charge is -2.18. The third-order valence-corrected chi connectivity index (χ3v) is 2.97. The average molecular weight is 144 g/mol. The topological polar surface area (TPSA) is 17.1 Å². The number of aldehydes is 1. The van der Waals surface area contributed by atoms with Gasteiger partial charge in [0.15, 0.2) is 0 Å². The number of thioether (sulfide) groups is 1. The van der Waals surface area contributed by atoms with E-state index in [4.69, 9.17) is 0 Å². The summed E-state index contributed by atoms with van der Waals surface area (Å²) in [5, 5.41) is 0. The molecule has 0 spiro atoms. The molecule has 1 rings (SSSR count). The van der Waals surface area contributed by atoms with Gasteiger partial charge in [-0.3, -0.25) is 0 Å². The second-order valence-electron chi connectivity index (χ2n) is 2.49. The van der Waals surface area contributed by atoms with Crippen LogP contribution < -0.4 is 0 Å². The van der Waals surface area contributed by atoms with Gasteiger partial charge in [0, 0.05) is 6.42 Å². The molecule has 9 heavy (non-hydrogen) atoms. The van der Waals surface area contributed by atoms with E-state index in [1.54, 1.807) is 0 Å². The Balaban J connectivity index is 2.15. The predicted molar refractivity (Wildman–Crippen MR) is 40.7 cm³/mol. The van der Waals surface area contributed by atoms with Crippen LogP contribution in [-0.2, 0) is 4.79 Å². The van der Waals surface area contributed by atoms with Crippen LogP contribution in [0.15, 0.2) is 0 Å². The van der Waals surface area contributed by atoms with Crippen LogP contribution >= 0.6 is 11.8 Å². The molecule has 0 amide bonds. The van der Waals surface area contributed by atoms with Crippen LogP contribution in [0.25, 0.3) is 0 Å². The van der Waals surface area contributed by atoms with Gasteiger partial charge in [0.1, 0.15) is 6.29 Å². The van der Waals surface area contributed by atoms with E-state index >= 15 is 0 Å². The Labute approximate surface area is 60.2 Å². The fraction of sp³-hybridized carbons (Fsp3) is 0.857. The normalized spacial score (nSPS) is 27.8. The zero-order valence-electron chi connectivity index (χ0n) is 5.51. The standard InChI is InChI=1S/C7H12OS/c8-4-3-7-2-1-5-9-6-7/h4,7H,1-3,5-6H2. The average Bonchev–Trinajstić information content (AvgIpc) is 1.91. The summed E-state index contributed by atoms with van der Waals surface area (Å²) in [6.45, 7) is 0. The van der Waals surface area contributed by atoms with Gasteiger partial charge < -0.3 is 4.79 Å². The molecule has 1 heterocycles. The molecule has 52 valence electrons. The second kappa shape index (κ2) is 3.94. The van der Waals surface area contributed by atoms with Crippen molar-refractivity contribution in [2.75, 3.05) is 11.5 Å². The summed E-state index contributed by atoms with van der Waals surface area (Å²) in [7, 11) is 0. The molecule has 0 saturated carbocycles. The Morgan fingerprint density at radius 3 is 3.11 bits per heavy atom. The van der Waals surface area contributed by atoms with E-state index in [1.807, 2.05) is 11.8 Å². The third-order valence-electron chi connectivity index (χ3n) is 1.68. The highest BCUT2D eigenvalue weighted by Gasteiger charge is 2.11. The lowest BCUT2D eigenvalue weighted by molar-refractivity contribution is -0.108. The van der Waals surface area contributed by atoms with Crippen molar-refractivity contribution in [1.29, 1.82) is 0 Å². The van der Waals surface area contributed by atoms with E-state index in [0.29, 0.717) is 5.92 Å². The Morgan fingerprint density at radius 2 is 2.56 bits per heavy atom. The first-order chi connectivity index (χ1) is 4.43. The van der Waals surface area contributed by atoms with Gasteiger partial charge in [-0.15, -0.1) is 0 Å². The highest BCUT2D eigenvalue weighted by atomic mass is 32.2. The molecule has 1 fully saturated rings. The number of hydrogen-bond acceptors (Lipinski definition) is 2. The van der Waals surface area contributed by atoms with Crippen molar-refractivity contribution in [2.24, 2.45) is 5.92 Å². The maximum atomic E-state index is 10.1. The fourth-order valence-electron chi connectivity index (χ4n) is 1.13. The lowest BCUT2D eigenvalue weighted by atomic mass is 10.0. The van der Waals surface area contributed by atoms with Crippen molar-refractivity contribution in [3.05, 3.63) is 0 Å². The second-order valence-corrected chi connectivity index (χ2v) is 3.64. The molecular formula is C7H12OS. The molecule has 0 aromatic heterocycles. The van der Waals surface area contributed by atoms with Crippen LogP contribution in [0.1, 0.15) is 19.3 Å². The summed E-state index contributed by atoms with van der Waals surface area (Å²) < 4.78 is 0. The van der Waals surface area contributed by atoms with Crippen LogP contribution in [0.4, 0.5) is 0 Å². The van der Waals surface area contributed by atoms with E-state index in [1.165, 1.54) is 24.3 Å². The van der Waals surface area contributed by atoms with E-state index in [2.05, 4.69) is 0 Å². The summed E-state index contributed by atoms with van der Waals surface area (Å²) in [5.74, 6) is 3.20. The molecule has 0 radical (unpaired) electrons. The molecule has 2 heteroatoms. The molecule has 1 aliphatic rings. The van der Waals surface area contributed by atoms with Gasteiger partial charge in [0.2, 0.25) is 0 Å². The summed E-state index contributed by atoms with van der Waals surface area (Å²) in [4.78, 5) is 10.1. The smallest absolute Gasteiger partial charge is 0.120 e. The van der Waals surface area contributed by atoms with E-state index in [-0.39, 0.29) is 0 Å². The van der Waals surface area contributed by atoms with Crippen molar-refractivity contribution in [3.63, 3.8) is 0 Å². The monoisotopic (exact) mass is 144 g/mol. The highest BCUT2D eigenvalue weighted by molar-refractivity contribution is 7.99. The van der Waals surface area contributed by atoms with Crippen LogP contribution in [0.3, 0.4) is 0 Å². The summed E-state index contributed by atoms with van der Waals surface area (Å²) in [6, 6.07) is 0. The van der Waals surface area contributed by atoms with Gasteiger partial charge >= 0.3 is 0 Å². The molecule has 0 N–H and O–H groups in total. The Bertz CT molecular complexity index is 86.9. The fourth-order valence-corrected chi connectivity index (χ4v) is 2.30. The lowest BCUT2D eigenvalue weighted by Crippen LogP contribution is -2.10. The zero-order valence-corrected chi connectivity index (χ0v) is 6.32. The summed E-state index contributed by atoms with van der Waals surface area (Å²) >= 11 is 1.98. The minimum absolute atomic E-state index is 0.696. The van der Waals surface area contributed by atoms with Crippen molar-refractivity contribution in [3.8, 4) is 0 Å². The molecule has 0 aromatic carbocycles. The Kier molecular flexibility index (Phi) is 3.12. The van der Waals surface area contributed by atoms with Gasteiger partial charge in [-0.2, -0.15) is 11.8 Å². The molecule has 0 bridgehead atoms. The van der Waals surface area contributed by atoms with Gasteiger partial charge in [-0.05, 0) is 30.3 Å². The SMILES string of the molecule is O=CCC1CCCSC1. The van der Waals surface area contributed by atoms with E-state index in [9.17, 15) is 4.79 Å². The number of carbonyl (C=O) groups is 1. The van der Waals surface area contributed by atoms with Gasteiger partial charge in [0.05, 0.1) is 0 Å². The maximum Gasteiger partial charge on any atom is 0.120 e. The minimum atomic E-state index is 0.696. The number of hydrogen-bond donors (Lipinski definition) is 0. The quantitative estimate of drug-likeness (QED) is 0.549. The predicted octanol–water partition coefficient (Wildman–Crippen LogP) is 1.72. The largest absolute Gasteiger partial charge is 0.303 e. The van der Waals surface area contributed by atoms with E-state index < -0.39 is 0 Å². The first kappa shape index (κ1) is 7.13.